The Kier molecular flexibility index (Phi) is 4.42. The fraction of sp³-hybridized carbons (Fsp3) is 0.300. The Morgan fingerprint density at radius 2 is 1.88 bits per heavy atom. The Morgan fingerprint density at radius 3 is 2.62 bits per heavy atom. The highest BCUT2D eigenvalue weighted by molar-refractivity contribution is 6.30. The Hall–Kier alpha value is -2.37. The van der Waals surface area contributed by atoms with E-state index >= 15 is 0 Å². The van der Waals surface area contributed by atoms with Crippen molar-refractivity contribution in [3.8, 4) is 0 Å². The van der Waals surface area contributed by atoms with Gasteiger partial charge in [0.15, 0.2) is 11.5 Å². The van der Waals surface area contributed by atoms with Crippen molar-refractivity contribution in [3.05, 3.63) is 58.9 Å². The molecule has 1 aromatic heterocycles. The molecule has 5 nitrogen and oxygen atoms in total. The van der Waals surface area contributed by atoms with Crippen LogP contribution in [0.1, 0.15) is 24.3 Å². The summed E-state index contributed by atoms with van der Waals surface area (Å²) in [7, 11) is 0. The molecule has 1 aliphatic heterocycles. The molecule has 2 heterocycles. The number of benzene rings is 2. The first kappa shape index (κ1) is 17.1. The summed E-state index contributed by atoms with van der Waals surface area (Å²) in [6.07, 6.45) is 1.26. The van der Waals surface area contributed by atoms with E-state index in [0.29, 0.717) is 48.2 Å². The number of halogens is 1. The summed E-state index contributed by atoms with van der Waals surface area (Å²) in [6.45, 7) is 2.91. The molecule has 1 N–H and O–H groups in total. The van der Waals surface area contributed by atoms with Crippen LogP contribution in [0.5, 0.6) is 0 Å². The number of amides is 1. The van der Waals surface area contributed by atoms with Gasteiger partial charge in [0, 0.05) is 30.8 Å². The third-order valence-electron chi connectivity index (χ3n) is 4.93. The monoisotopic (exact) mass is 370 g/mol. The minimum absolute atomic E-state index is 0.0392. The first-order valence-electron chi connectivity index (χ1n) is 8.59. The molecule has 3 aromatic rings. The minimum atomic E-state index is -0.627. The van der Waals surface area contributed by atoms with Gasteiger partial charge in [0.25, 0.3) is 0 Å². The van der Waals surface area contributed by atoms with Crippen LogP contribution in [-0.2, 0) is 14.9 Å². The summed E-state index contributed by atoms with van der Waals surface area (Å²) in [5.41, 5.74) is 2.47. The predicted octanol–water partition coefficient (Wildman–Crippen LogP) is 4.48. The molecule has 0 spiro atoms. The molecular formula is C20H19ClN2O3. The molecule has 4 rings (SSSR count). The number of hydrogen-bond acceptors (Lipinski definition) is 4. The van der Waals surface area contributed by atoms with E-state index in [1.54, 1.807) is 6.92 Å². The zero-order valence-electron chi connectivity index (χ0n) is 14.4. The number of oxazole rings is 1. The highest BCUT2D eigenvalue weighted by Gasteiger charge is 2.41. The van der Waals surface area contributed by atoms with Gasteiger partial charge in [-0.2, -0.15) is 0 Å². The molecule has 1 fully saturated rings. The van der Waals surface area contributed by atoms with Crippen molar-refractivity contribution < 1.29 is 13.9 Å². The van der Waals surface area contributed by atoms with Gasteiger partial charge in [-0.3, -0.25) is 4.79 Å². The molecule has 0 bridgehead atoms. The molecule has 1 aliphatic rings. The summed E-state index contributed by atoms with van der Waals surface area (Å²) in [5.74, 6) is 0.563. The molecule has 134 valence electrons. The third-order valence-corrected chi connectivity index (χ3v) is 5.18. The van der Waals surface area contributed by atoms with Gasteiger partial charge in [0.1, 0.15) is 5.52 Å². The lowest BCUT2D eigenvalue weighted by Gasteiger charge is -2.36. The lowest BCUT2D eigenvalue weighted by molar-refractivity contribution is -0.125. The maximum atomic E-state index is 13.3. The number of fused-ring (bicyclic) bond motifs is 1. The van der Waals surface area contributed by atoms with Crippen LogP contribution in [0, 0.1) is 6.92 Å². The molecule has 1 saturated heterocycles. The number of rotatable bonds is 3. The van der Waals surface area contributed by atoms with Crippen LogP contribution in [0.15, 0.2) is 46.9 Å². The number of hydrogen-bond donors (Lipinski definition) is 1. The predicted molar refractivity (Wildman–Crippen MR) is 101 cm³/mol. The second kappa shape index (κ2) is 6.74. The van der Waals surface area contributed by atoms with Gasteiger partial charge in [-0.1, -0.05) is 23.7 Å². The smallest absolute Gasteiger partial charge is 0.235 e. The molecule has 0 aliphatic carbocycles. The lowest BCUT2D eigenvalue weighted by Crippen LogP contribution is -2.44. The maximum Gasteiger partial charge on any atom is 0.235 e. The van der Waals surface area contributed by atoms with Crippen LogP contribution >= 0.6 is 11.6 Å². The van der Waals surface area contributed by atoms with Crippen molar-refractivity contribution in [3.63, 3.8) is 0 Å². The van der Waals surface area contributed by atoms with Gasteiger partial charge in [-0.25, -0.2) is 4.98 Å². The minimum Gasteiger partial charge on any atom is -0.441 e. The topological polar surface area (TPSA) is 64.4 Å². The van der Waals surface area contributed by atoms with E-state index in [1.165, 1.54) is 0 Å². The lowest BCUT2D eigenvalue weighted by atomic mass is 9.73. The van der Waals surface area contributed by atoms with Crippen LogP contribution in [0.4, 0.5) is 5.69 Å². The highest BCUT2D eigenvalue weighted by Crippen LogP contribution is 2.37. The molecule has 0 atom stereocenters. The van der Waals surface area contributed by atoms with E-state index in [1.807, 2.05) is 42.5 Å². The molecule has 1 amide bonds. The van der Waals surface area contributed by atoms with Gasteiger partial charge < -0.3 is 14.5 Å². The first-order valence-corrected chi connectivity index (χ1v) is 8.97. The zero-order chi connectivity index (χ0) is 18.1. The molecule has 0 radical (unpaired) electrons. The molecule has 26 heavy (non-hydrogen) atoms. The van der Waals surface area contributed by atoms with Crippen molar-refractivity contribution in [1.29, 1.82) is 0 Å². The summed E-state index contributed by atoms with van der Waals surface area (Å²) in [5, 5.41) is 3.71. The summed E-state index contributed by atoms with van der Waals surface area (Å²) in [4.78, 5) is 17.6. The highest BCUT2D eigenvalue weighted by atomic mass is 35.5. The molecular weight excluding hydrogens is 352 g/mol. The fourth-order valence-electron chi connectivity index (χ4n) is 3.51. The SMILES string of the molecule is Cc1nc2cc(NC(=O)C3(c4ccc(Cl)cc4)CCOCC3)ccc2o1. The van der Waals surface area contributed by atoms with Crippen LogP contribution in [0.2, 0.25) is 5.02 Å². The molecule has 0 unspecified atom stereocenters. The van der Waals surface area contributed by atoms with Crippen molar-refractivity contribution in [2.75, 3.05) is 18.5 Å². The normalized spacial score (nSPS) is 16.5. The Balaban J connectivity index is 1.66. The number of nitrogens with one attached hydrogen (secondary N) is 1. The number of nitrogens with zero attached hydrogens (tertiary/aromatic N) is 1. The van der Waals surface area contributed by atoms with Gasteiger partial charge in [-0.05, 0) is 48.7 Å². The van der Waals surface area contributed by atoms with E-state index in [9.17, 15) is 4.79 Å². The number of carbonyl (C=O) groups is 1. The molecule has 0 saturated carbocycles. The Labute approximate surface area is 156 Å². The largest absolute Gasteiger partial charge is 0.441 e. The third kappa shape index (κ3) is 3.08. The van der Waals surface area contributed by atoms with E-state index in [0.717, 1.165) is 11.1 Å². The van der Waals surface area contributed by atoms with Crippen LogP contribution in [-0.4, -0.2) is 24.1 Å². The second-order valence-corrected chi connectivity index (χ2v) is 7.01. The van der Waals surface area contributed by atoms with E-state index in [-0.39, 0.29) is 5.91 Å². The van der Waals surface area contributed by atoms with Crippen molar-refractivity contribution in [2.45, 2.75) is 25.2 Å². The van der Waals surface area contributed by atoms with Gasteiger partial charge >= 0.3 is 0 Å². The number of carbonyl (C=O) groups excluding carboxylic acids is 1. The van der Waals surface area contributed by atoms with Gasteiger partial charge in [-0.15, -0.1) is 0 Å². The van der Waals surface area contributed by atoms with E-state index in [2.05, 4.69) is 10.3 Å². The van der Waals surface area contributed by atoms with Crippen LogP contribution in [0.25, 0.3) is 11.1 Å². The number of aromatic nitrogens is 1. The van der Waals surface area contributed by atoms with Crippen molar-refractivity contribution in [1.82, 2.24) is 4.98 Å². The Bertz CT molecular complexity index is 943. The Morgan fingerprint density at radius 1 is 1.15 bits per heavy atom. The quantitative estimate of drug-likeness (QED) is 0.738. The van der Waals surface area contributed by atoms with Crippen molar-refractivity contribution >= 4 is 34.3 Å². The van der Waals surface area contributed by atoms with Crippen LogP contribution < -0.4 is 5.32 Å². The summed E-state index contributed by atoms with van der Waals surface area (Å²) >= 11 is 6.02. The van der Waals surface area contributed by atoms with E-state index in [4.69, 9.17) is 20.8 Å². The summed E-state index contributed by atoms with van der Waals surface area (Å²) < 4.78 is 11.0. The fourth-order valence-corrected chi connectivity index (χ4v) is 3.63. The van der Waals surface area contributed by atoms with Crippen LogP contribution in [0.3, 0.4) is 0 Å². The summed E-state index contributed by atoms with van der Waals surface area (Å²) in [6, 6.07) is 13.0. The zero-order valence-corrected chi connectivity index (χ0v) is 15.2. The number of anilines is 1. The average molecular weight is 371 g/mol. The second-order valence-electron chi connectivity index (χ2n) is 6.57. The standard InChI is InChI=1S/C20H19ClN2O3/c1-13-22-17-12-16(6-7-18(17)26-13)23-19(24)20(8-10-25-11-9-20)14-2-4-15(21)5-3-14/h2-7,12H,8-11H2,1H3,(H,23,24). The number of aryl methyl sites for hydroxylation is 1. The number of ether oxygens (including phenoxy) is 1. The maximum absolute atomic E-state index is 13.3. The van der Waals surface area contributed by atoms with Gasteiger partial charge in [0.05, 0.1) is 5.41 Å². The average Bonchev–Trinajstić information content (AvgIpc) is 3.02. The van der Waals surface area contributed by atoms with Crippen molar-refractivity contribution in [2.24, 2.45) is 0 Å². The molecule has 6 heteroatoms. The van der Waals surface area contributed by atoms with E-state index < -0.39 is 5.41 Å². The molecule has 2 aromatic carbocycles. The van der Waals surface area contributed by atoms with Gasteiger partial charge in [0.2, 0.25) is 5.91 Å². The first-order chi connectivity index (χ1) is 12.6.